The van der Waals surface area contributed by atoms with Gasteiger partial charge in [0.1, 0.15) is 0 Å². The van der Waals surface area contributed by atoms with E-state index < -0.39 is 10.1 Å². The summed E-state index contributed by atoms with van der Waals surface area (Å²) >= 11 is 3.30. The highest BCUT2D eigenvalue weighted by atomic mass is 79.9. The lowest BCUT2D eigenvalue weighted by Gasteiger charge is -2.13. The van der Waals surface area contributed by atoms with E-state index in [1.807, 2.05) is 0 Å². The molecule has 16 heavy (non-hydrogen) atoms. The number of benzene rings is 1. The lowest BCUT2D eigenvalue weighted by atomic mass is 10.0. The van der Waals surface area contributed by atoms with Crippen LogP contribution in [-0.2, 0) is 0 Å². The van der Waals surface area contributed by atoms with Gasteiger partial charge in [-0.25, -0.2) is 4.79 Å². The molecule has 2 rings (SSSR count). The first-order valence-corrected chi connectivity index (χ1v) is 5.54. The zero-order valence-corrected chi connectivity index (χ0v) is 10.4. The van der Waals surface area contributed by atoms with Crippen LogP contribution in [0.15, 0.2) is 27.4 Å². The second-order valence-corrected chi connectivity index (χ2v) is 6.01. The summed E-state index contributed by atoms with van der Waals surface area (Å²) in [6.07, 6.45) is 0. The number of hydrogen-bond donors (Lipinski definition) is 1. The number of hydrogen-bond acceptors (Lipinski definition) is 3. The molecule has 4 nitrogen and oxygen atoms in total. The average molecular weight is 284 g/mol. The molecular formula is C11H10BrNO3. The van der Waals surface area contributed by atoms with Crippen LogP contribution in [0.5, 0.6) is 0 Å². The maximum atomic E-state index is 11.9. The van der Waals surface area contributed by atoms with Crippen LogP contribution in [0.4, 0.5) is 0 Å². The molecule has 5 heteroatoms. The number of nitrogens with one attached hydrogen (secondary N) is 1. The van der Waals surface area contributed by atoms with E-state index in [0.717, 1.165) is 0 Å². The third-order valence-electron chi connectivity index (χ3n) is 2.22. The number of halogens is 1. The number of aromatic nitrogens is 1. The summed E-state index contributed by atoms with van der Waals surface area (Å²) in [5.41, 5.74) is 1.50. The molecule has 1 aromatic heterocycles. The van der Waals surface area contributed by atoms with Crippen LogP contribution in [0.1, 0.15) is 24.2 Å². The minimum absolute atomic E-state index is 0.0572. The van der Waals surface area contributed by atoms with Gasteiger partial charge in [-0.2, -0.15) is 0 Å². The van der Waals surface area contributed by atoms with Gasteiger partial charge in [0.05, 0.1) is 9.84 Å². The number of fused-ring (bicyclic) bond motifs is 1. The van der Waals surface area contributed by atoms with Crippen molar-refractivity contribution in [3.05, 3.63) is 34.3 Å². The van der Waals surface area contributed by atoms with Crippen molar-refractivity contribution in [2.24, 2.45) is 0 Å². The van der Waals surface area contributed by atoms with Crippen LogP contribution in [0.2, 0.25) is 0 Å². The normalized spacial score (nSPS) is 11.9. The van der Waals surface area contributed by atoms with Crippen LogP contribution in [0.3, 0.4) is 0 Å². The average Bonchev–Trinajstić information content (AvgIpc) is 2.54. The highest BCUT2D eigenvalue weighted by Crippen LogP contribution is 2.23. The molecule has 2 aromatic rings. The Morgan fingerprint density at radius 2 is 2.12 bits per heavy atom. The number of rotatable bonds is 2. The van der Waals surface area contributed by atoms with Crippen molar-refractivity contribution < 1.29 is 9.21 Å². The van der Waals surface area contributed by atoms with Gasteiger partial charge in [-0.05, 0) is 32.0 Å². The standard InChI is InChI=1S/C11H10BrNO3/c1-11(2,12)9(14)6-3-4-7-8(5-6)16-10(15)13-7/h3-5H,1-2H3,(H,13,15). The van der Waals surface area contributed by atoms with Crippen LogP contribution in [-0.4, -0.2) is 15.1 Å². The largest absolute Gasteiger partial charge is 0.417 e. The molecule has 0 saturated heterocycles. The minimum atomic E-state index is -0.628. The number of Topliss-reactive ketones (excluding diaryl/α,β-unsaturated/α-hetero) is 1. The van der Waals surface area contributed by atoms with Gasteiger partial charge in [0.15, 0.2) is 11.4 Å². The van der Waals surface area contributed by atoms with Crippen molar-refractivity contribution in [3.63, 3.8) is 0 Å². The number of ketones is 1. The van der Waals surface area contributed by atoms with Gasteiger partial charge >= 0.3 is 5.76 Å². The molecule has 0 atom stereocenters. The third kappa shape index (κ3) is 1.95. The van der Waals surface area contributed by atoms with Crippen LogP contribution in [0, 0.1) is 0 Å². The number of H-pyrrole nitrogens is 1. The minimum Gasteiger partial charge on any atom is -0.408 e. The van der Waals surface area contributed by atoms with Gasteiger partial charge in [-0.3, -0.25) is 9.78 Å². The predicted molar refractivity (Wildman–Crippen MR) is 64.2 cm³/mol. The monoisotopic (exact) mass is 283 g/mol. The summed E-state index contributed by atoms with van der Waals surface area (Å²) in [5, 5.41) is 0. The molecule has 0 aliphatic heterocycles. The van der Waals surface area contributed by atoms with Crippen molar-refractivity contribution in [2.45, 2.75) is 18.2 Å². The van der Waals surface area contributed by atoms with Gasteiger partial charge in [-0.15, -0.1) is 0 Å². The fraction of sp³-hybridized carbons (Fsp3) is 0.273. The number of carbonyl (C=O) groups is 1. The molecule has 1 N–H and O–H groups in total. The Hall–Kier alpha value is -1.36. The van der Waals surface area contributed by atoms with Crippen molar-refractivity contribution in [3.8, 4) is 0 Å². The van der Waals surface area contributed by atoms with Gasteiger partial charge in [0, 0.05) is 5.56 Å². The second-order valence-electron chi connectivity index (χ2n) is 4.03. The smallest absolute Gasteiger partial charge is 0.408 e. The lowest BCUT2D eigenvalue weighted by Crippen LogP contribution is -2.23. The quantitative estimate of drug-likeness (QED) is 0.680. The Bertz CT molecular complexity index is 603. The molecule has 0 aliphatic carbocycles. The van der Waals surface area contributed by atoms with Crippen LogP contribution in [0.25, 0.3) is 11.1 Å². The van der Waals surface area contributed by atoms with Crippen LogP contribution >= 0.6 is 15.9 Å². The first-order chi connectivity index (χ1) is 7.38. The van der Waals surface area contributed by atoms with Crippen molar-refractivity contribution in [1.29, 1.82) is 0 Å². The van der Waals surface area contributed by atoms with E-state index in [1.54, 1.807) is 32.0 Å². The molecule has 0 amide bonds. The molecule has 0 saturated carbocycles. The zero-order valence-electron chi connectivity index (χ0n) is 8.83. The number of alkyl halides is 1. The Labute approximate surface area is 99.8 Å². The molecule has 1 aromatic carbocycles. The Morgan fingerprint density at radius 3 is 2.75 bits per heavy atom. The number of aromatic amines is 1. The van der Waals surface area contributed by atoms with Crippen molar-refractivity contribution in [2.75, 3.05) is 0 Å². The molecule has 0 spiro atoms. The van der Waals surface area contributed by atoms with Gasteiger partial charge in [-0.1, -0.05) is 15.9 Å². The predicted octanol–water partition coefficient (Wildman–Crippen LogP) is 2.48. The summed E-state index contributed by atoms with van der Waals surface area (Å²) in [6, 6.07) is 4.89. The van der Waals surface area contributed by atoms with E-state index in [0.29, 0.717) is 16.7 Å². The third-order valence-corrected chi connectivity index (χ3v) is 2.58. The van der Waals surface area contributed by atoms with E-state index in [4.69, 9.17) is 4.42 Å². The summed E-state index contributed by atoms with van der Waals surface area (Å²) in [5.74, 6) is -0.573. The molecule has 0 unspecified atom stereocenters. The van der Waals surface area contributed by atoms with E-state index in [-0.39, 0.29) is 5.78 Å². The number of carbonyl (C=O) groups excluding carboxylic acids is 1. The molecule has 0 aliphatic rings. The molecule has 0 radical (unpaired) electrons. The first-order valence-electron chi connectivity index (χ1n) is 4.74. The van der Waals surface area contributed by atoms with E-state index in [9.17, 15) is 9.59 Å². The molecule has 0 fully saturated rings. The molecule has 84 valence electrons. The highest BCUT2D eigenvalue weighted by molar-refractivity contribution is 9.10. The first kappa shape index (κ1) is 11.1. The molecule has 1 heterocycles. The van der Waals surface area contributed by atoms with Crippen molar-refractivity contribution >= 4 is 32.8 Å². The summed E-state index contributed by atoms with van der Waals surface area (Å²) < 4.78 is 4.27. The maximum Gasteiger partial charge on any atom is 0.417 e. The van der Waals surface area contributed by atoms with Crippen molar-refractivity contribution in [1.82, 2.24) is 4.98 Å². The molecule has 0 bridgehead atoms. The van der Waals surface area contributed by atoms with Gasteiger partial charge < -0.3 is 4.42 Å². The van der Waals surface area contributed by atoms with E-state index in [1.165, 1.54) is 0 Å². The summed E-state index contributed by atoms with van der Waals surface area (Å²) in [4.78, 5) is 25.4. The summed E-state index contributed by atoms with van der Waals surface area (Å²) in [6.45, 7) is 3.54. The maximum absolute atomic E-state index is 11.9. The highest BCUT2D eigenvalue weighted by Gasteiger charge is 2.25. The van der Waals surface area contributed by atoms with E-state index >= 15 is 0 Å². The molecular weight excluding hydrogens is 274 g/mol. The fourth-order valence-electron chi connectivity index (χ4n) is 1.43. The second kappa shape index (κ2) is 3.59. The zero-order chi connectivity index (χ0) is 11.9. The van der Waals surface area contributed by atoms with E-state index in [2.05, 4.69) is 20.9 Å². The van der Waals surface area contributed by atoms with Gasteiger partial charge in [0.2, 0.25) is 0 Å². The SMILES string of the molecule is CC(C)(Br)C(=O)c1ccc2[nH]c(=O)oc2c1. The summed E-state index contributed by atoms with van der Waals surface area (Å²) in [7, 11) is 0. The Morgan fingerprint density at radius 1 is 1.44 bits per heavy atom. The van der Waals surface area contributed by atoms with Crippen LogP contribution < -0.4 is 5.76 Å². The topological polar surface area (TPSA) is 63.1 Å². The lowest BCUT2D eigenvalue weighted by molar-refractivity contribution is 0.0961. The Balaban J connectivity index is 2.55. The fourth-order valence-corrected chi connectivity index (χ4v) is 1.66. The van der Waals surface area contributed by atoms with Gasteiger partial charge in [0.25, 0.3) is 0 Å². The number of oxazole rings is 1. The Kier molecular flexibility index (Phi) is 2.50.